The highest BCUT2D eigenvalue weighted by Crippen LogP contribution is 2.16. The molecule has 0 radical (unpaired) electrons. The van der Waals surface area contributed by atoms with Crippen LogP contribution in [0.15, 0.2) is 35.8 Å². The summed E-state index contributed by atoms with van der Waals surface area (Å²) in [5.41, 5.74) is 0.892. The third-order valence-corrected chi connectivity index (χ3v) is 4.24. The zero-order chi connectivity index (χ0) is 14.5. The summed E-state index contributed by atoms with van der Waals surface area (Å²) in [6, 6.07) is 8.12. The van der Waals surface area contributed by atoms with Gasteiger partial charge in [-0.3, -0.25) is 4.90 Å². The van der Waals surface area contributed by atoms with Gasteiger partial charge in [0, 0.05) is 23.7 Å². The average Bonchev–Trinajstić information content (AvgIpc) is 2.91. The lowest BCUT2D eigenvalue weighted by atomic mass is 10.1. The van der Waals surface area contributed by atoms with Gasteiger partial charge >= 0.3 is 5.97 Å². The molecule has 0 aliphatic carbocycles. The maximum Gasteiger partial charge on any atom is 0.354 e. The second kappa shape index (κ2) is 6.63. The van der Waals surface area contributed by atoms with Crippen LogP contribution in [-0.4, -0.2) is 34.0 Å². The molecule has 4 nitrogen and oxygen atoms in total. The van der Waals surface area contributed by atoms with E-state index < -0.39 is 5.97 Å². The Labute approximate surface area is 122 Å². The molecule has 0 spiro atoms. The van der Waals surface area contributed by atoms with Crippen molar-refractivity contribution >= 4 is 17.3 Å². The minimum absolute atomic E-state index is 0.141. The molecule has 0 bridgehead atoms. The lowest BCUT2D eigenvalue weighted by molar-refractivity contribution is 0.0687. The smallest absolute Gasteiger partial charge is 0.354 e. The normalized spacial score (nSPS) is 12.6. The molecule has 0 fully saturated rings. The minimum Gasteiger partial charge on any atom is -0.477 e. The summed E-state index contributed by atoms with van der Waals surface area (Å²) in [5.74, 6) is -0.972. The summed E-state index contributed by atoms with van der Waals surface area (Å²) in [4.78, 5) is 18.6. The second-order valence-electron chi connectivity index (χ2n) is 4.86. The van der Waals surface area contributed by atoms with Crippen molar-refractivity contribution in [3.63, 3.8) is 0 Å². The van der Waals surface area contributed by atoms with Gasteiger partial charge in [0.2, 0.25) is 0 Å². The van der Waals surface area contributed by atoms with Gasteiger partial charge in [-0.2, -0.15) is 0 Å². The van der Waals surface area contributed by atoms with Crippen LogP contribution in [0.25, 0.3) is 0 Å². The fourth-order valence-corrected chi connectivity index (χ4v) is 2.89. The first-order valence-corrected chi connectivity index (χ1v) is 7.35. The van der Waals surface area contributed by atoms with Gasteiger partial charge < -0.3 is 5.11 Å². The van der Waals surface area contributed by atoms with E-state index in [-0.39, 0.29) is 5.69 Å². The molecule has 0 amide bonds. The van der Waals surface area contributed by atoms with E-state index in [9.17, 15) is 4.79 Å². The van der Waals surface area contributed by atoms with Crippen molar-refractivity contribution < 1.29 is 9.90 Å². The highest BCUT2D eigenvalue weighted by Gasteiger charge is 2.16. The molecule has 1 N–H and O–H groups in total. The summed E-state index contributed by atoms with van der Waals surface area (Å²) in [7, 11) is 2.01. The Kier molecular flexibility index (Phi) is 4.87. The highest BCUT2D eigenvalue weighted by atomic mass is 32.1. The van der Waals surface area contributed by atoms with Crippen LogP contribution in [0.1, 0.15) is 27.9 Å². The Bertz CT molecular complexity index is 569. The fraction of sp³-hybridized carbons (Fsp3) is 0.333. The van der Waals surface area contributed by atoms with Crippen molar-refractivity contribution in [3.8, 4) is 0 Å². The van der Waals surface area contributed by atoms with Gasteiger partial charge in [0.15, 0.2) is 5.69 Å². The molecule has 2 rings (SSSR count). The first-order chi connectivity index (χ1) is 9.58. The fourth-order valence-electron chi connectivity index (χ4n) is 2.06. The Morgan fingerprint density at radius 1 is 1.45 bits per heavy atom. The third kappa shape index (κ3) is 3.65. The molecule has 0 aliphatic rings. The van der Waals surface area contributed by atoms with Crippen molar-refractivity contribution in [2.45, 2.75) is 25.9 Å². The maximum atomic E-state index is 11.2. The number of aromatic nitrogens is 1. The van der Waals surface area contributed by atoms with Gasteiger partial charge in [-0.05, 0) is 43.5 Å². The van der Waals surface area contributed by atoms with E-state index in [0.717, 1.165) is 12.0 Å². The number of hydrogen-bond acceptors (Lipinski definition) is 4. The van der Waals surface area contributed by atoms with Crippen LogP contribution in [0.2, 0.25) is 0 Å². The van der Waals surface area contributed by atoms with Crippen LogP contribution >= 0.6 is 11.3 Å². The monoisotopic (exact) mass is 290 g/mol. The Balaban J connectivity index is 2.04. The Morgan fingerprint density at radius 2 is 2.25 bits per heavy atom. The van der Waals surface area contributed by atoms with Crippen molar-refractivity contribution in [3.05, 3.63) is 52.0 Å². The van der Waals surface area contributed by atoms with Crippen LogP contribution in [0, 0.1) is 0 Å². The van der Waals surface area contributed by atoms with E-state index in [2.05, 4.69) is 34.3 Å². The molecule has 2 aromatic rings. The van der Waals surface area contributed by atoms with Gasteiger partial charge in [0.1, 0.15) is 0 Å². The van der Waals surface area contributed by atoms with E-state index in [4.69, 9.17) is 5.11 Å². The Hall–Kier alpha value is -1.72. The molecule has 0 aliphatic heterocycles. The van der Waals surface area contributed by atoms with Gasteiger partial charge in [-0.25, -0.2) is 9.78 Å². The molecular weight excluding hydrogens is 272 g/mol. The largest absolute Gasteiger partial charge is 0.477 e. The van der Waals surface area contributed by atoms with E-state index in [0.29, 0.717) is 12.6 Å². The number of likely N-dealkylation sites (N-methyl/N-ethyl adjacent to an activating group) is 1. The molecular formula is C15H18N2O2S. The lowest BCUT2D eigenvalue weighted by Crippen LogP contribution is -2.31. The Morgan fingerprint density at radius 3 is 2.90 bits per heavy atom. The van der Waals surface area contributed by atoms with Crippen molar-refractivity contribution in [1.82, 2.24) is 9.88 Å². The van der Waals surface area contributed by atoms with E-state index in [1.807, 2.05) is 13.1 Å². The summed E-state index contributed by atoms with van der Waals surface area (Å²) in [6.07, 6.45) is 2.48. The zero-order valence-electron chi connectivity index (χ0n) is 11.6. The lowest BCUT2D eigenvalue weighted by Gasteiger charge is -2.24. The van der Waals surface area contributed by atoms with Gasteiger partial charge in [0.05, 0.1) is 0 Å². The predicted molar refractivity (Wildman–Crippen MR) is 80.1 cm³/mol. The molecule has 2 aromatic heterocycles. The molecule has 2 heterocycles. The topological polar surface area (TPSA) is 53.4 Å². The summed E-state index contributed by atoms with van der Waals surface area (Å²) in [6.45, 7) is 2.73. The summed E-state index contributed by atoms with van der Waals surface area (Å²) < 4.78 is 0. The quantitative estimate of drug-likeness (QED) is 0.888. The van der Waals surface area contributed by atoms with Gasteiger partial charge in [0.25, 0.3) is 0 Å². The van der Waals surface area contributed by atoms with Crippen LogP contribution < -0.4 is 0 Å². The zero-order valence-corrected chi connectivity index (χ0v) is 12.4. The molecule has 0 saturated heterocycles. The number of pyridine rings is 1. The number of carbonyl (C=O) groups is 1. The molecule has 1 unspecified atom stereocenters. The molecule has 1 atom stereocenters. The van der Waals surface area contributed by atoms with Gasteiger partial charge in [-0.15, -0.1) is 11.3 Å². The number of nitrogens with zero attached hydrogens (tertiary/aromatic N) is 2. The molecule has 20 heavy (non-hydrogen) atoms. The van der Waals surface area contributed by atoms with Crippen LogP contribution in [0.4, 0.5) is 0 Å². The van der Waals surface area contributed by atoms with Crippen LogP contribution in [0.3, 0.4) is 0 Å². The highest BCUT2D eigenvalue weighted by molar-refractivity contribution is 7.09. The van der Waals surface area contributed by atoms with Gasteiger partial charge in [-0.1, -0.05) is 12.1 Å². The average molecular weight is 290 g/mol. The number of thiophene rings is 1. The SMILES string of the molecule is CC(Cc1cccs1)N(C)Cc1cccnc1C(=O)O. The standard InChI is InChI=1S/C15H18N2O2S/c1-11(9-13-6-4-8-20-13)17(2)10-12-5-3-7-16-14(12)15(18)19/h3-8,11H,9-10H2,1-2H3,(H,18,19). The number of carboxylic acids is 1. The van der Waals surface area contributed by atoms with Crippen LogP contribution in [-0.2, 0) is 13.0 Å². The van der Waals surface area contributed by atoms with E-state index >= 15 is 0 Å². The number of aromatic carboxylic acids is 1. The van der Waals surface area contributed by atoms with E-state index in [1.165, 1.54) is 11.1 Å². The number of carboxylic acid groups (broad SMARTS) is 1. The predicted octanol–water partition coefficient (Wildman–Crippen LogP) is 2.90. The number of rotatable bonds is 6. The molecule has 106 valence electrons. The molecule has 0 aromatic carbocycles. The first kappa shape index (κ1) is 14.7. The van der Waals surface area contributed by atoms with Crippen molar-refractivity contribution in [2.24, 2.45) is 0 Å². The maximum absolute atomic E-state index is 11.2. The molecule has 0 saturated carbocycles. The number of hydrogen-bond donors (Lipinski definition) is 1. The van der Waals surface area contributed by atoms with Crippen molar-refractivity contribution in [2.75, 3.05) is 7.05 Å². The summed E-state index contributed by atoms with van der Waals surface area (Å²) >= 11 is 1.75. The van der Waals surface area contributed by atoms with E-state index in [1.54, 1.807) is 17.4 Å². The summed E-state index contributed by atoms with van der Waals surface area (Å²) in [5, 5.41) is 11.2. The minimum atomic E-state index is -0.972. The second-order valence-corrected chi connectivity index (χ2v) is 5.90. The first-order valence-electron chi connectivity index (χ1n) is 6.47. The van der Waals surface area contributed by atoms with Crippen molar-refractivity contribution in [1.29, 1.82) is 0 Å². The van der Waals surface area contributed by atoms with Crippen LogP contribution in [0.5, 0.6) is 0 Å². The molecule has 5 heteroatoms. The third-order valence-electron chi connectivity index (χ3n) is 3.34.